The first-order chi connectivity index (χ1) is 12.4. The second-order valence-corrected chi connectivity index (χ2v) is 6.98. The molecule has 0 aromatic heterocycles. The standard InChI is InChI=1S/C17H13FN2O5S/c18-13-7-3-1-5-11(13)14(21)10-25-16(22)9-19-17-12-6-2-4-8-15(12)26(23,24)20-17/h1-8H,9-10H2,(H,19,20). The number of ketones is 1. The quantitative estimate of drug-likeness (QED) is 0.626. The number of amidine groups is 1. The topological polar surface area (TPSA) is 102 Å². The molecule has 0 saturated heterocycles. The van der Waals surface area contributed by atoms with Crippen molar-refractivity contribution in [2.24, 2.45) is 4.99 Å². The zero-order valence-corrected chi connectivity index (χ0v) is 14.1. The number of nitrogens with zero attached hydrogens (tertiary/aromatic N) is 1. The van der Waals surface area contributed by atoms with Crippen LogP contribution in [-0.4, -0.2) is 39.2 Å². The number of Topliss-reactive ketones (excluding diaryl/α,β-unsaturated/α-hetero) is 1. The number of aliphatic imine (C=N–C) groups is 1. The predicted octanol–water partition coefficient (Wildman–Crippen LogP) is 1.29. The molecule has 9 heteroatoms. The largest absolute Gasteiger partial charge is 0.456 e. The molecule has 0 amide bonds. The molecule has 0 bridgehead atoms. The van der Waals surface area contributed by atoms with E-state index in [1.54, 1.807) is 18.2 Å². The fraction of sp³-hybridized carbons (Fsp3) is 0.118. The Morgan fingerprint density at radius 3 is 2.54 bits per heavy atom. The number of hydrogen-bond donors (Lipinski definition) is 1. The lowest BCUT2D eigenvalue weighted by molar-refractivity contribution is -0.140. The van der Waals surface area contributed by atoms with Gasteiger partial charge in [0.25, 0.3) is 10.0 Å². The average molecular weight is 376 g/mol. The van der Waals surface area contributed by atoms with Crippen LogP contribution in [-0.2, 0) is 19.6 Å². The molecule has 0 atom stereocenters. The Hall–Kier alpha value is -3.07. The first-order valence-corrected chi connectivity index (χ1v) is 8.97. The normalized spacial score (nSPS) is 16.0. The number of halogens is 1. The Morgan fingerprint density at radius 1 is 1.08 bits per heavy atom. The third-order valence-electron chi connectivity index (χ3n) is 3.57. The van der Waals surface area contributed by atoms with Crippen molar-refractivity contribution in [2.75, 3.05) is 13.2 Å². The molecule has 0 aliphatic carbocycles. The molecular formula is C17H13FN2O5S. The van der Waals surface area contributed by atoms with Crippen molar-refractivity contribution in [3.05, 3.63) is 65.5 Å². The lowest BCUT2D eigenvalue weighted by atomic mass is 10.1. The van der Waals surface area contributed by atoms with Gasteiger partial charge in [0.15, 0.2) is 6.61 Å². The van der Waals surface area contributed by atoms with Crippen LogP contribution in [0.4, 0.5) is 4.39 Å². The molecule has 1 N–H and O–H groups in total. The maximum atomic E-state index is 13.5. The smallest absolute Gasteiger partial charge is 0.328 e. The molecule has 3 rings (SSSR count). The highest BCUT2D eigenvalue weighted by molar-refractivity contribution is 7.90. The second kappa shape index (κ2) is 7.04. The second-order valence-electron chi connectivity index (χ2n) is 5.33. The van der Waals surface area contributed by atoms with Gasteiger partial charge in [-0.3, -0.25) is 19.3 Å². The van der Waals surface area contributed by atoms with E-state index in [0.717, 1.165) is 6.07 Å². The minimum atomic E-state index is -3.70. The van der Waals surface area contributed by atoms with Crippen molar-refractivity contribution in [3.8, 4) is 0 Å². The molecule has 1 aliphatic rings. The fourth-order valence-corrected chi connectivity index (χ4v) is 3.60. The lowest BCUT2D eigenvalue weighted by Crippen LogP contribution is -2.24. The summed E-state index contributed by atoms with van der Waals surface area (Å²) in [5.74, 6) is -2.20. The predicted molar refractivity (Wildman–Crippen MR) is 89.9 cm³/mol. The van der Waals surface area contributed by atoms with Crippen LogP contribution >= 0.6 is 0 Å². The van der Waals surface area contributed by atoms with E-state index < -0.39 is 40.7 Å². The third-order valence-corrected chi connectivity index (χ3v) is 4.96. The van der Waals surface area contributed by atoms with E-state index in [0.29, 0.717) is 5.56 Å². The fourth-order valence-electron chi connectivity index (χ4n) is 2.35. The van der Waals surface area contributed by atoms with Crippen LogP contribution in [0.15, 0.2) is 58.4 Å². The van der Waals surface area contributed by atoms with Gasteiger partial charge in [0.1, 0.15) is 18.2 Å². The van der Waals surface area contributed by atoms with Gasteiger partial charge in [-0.1, -0.05) is 24.3 Å². The van der Waals surface area contributed by atoms with Gasteiger partial charge in [0.2, 0.25) is 5.78 Å². The summed E-state index contributed by atoms with van der Waals surface area (Å²) < 4.78 is 44.4. The van der Waals surface area contributed by atoms with Crippen LogP contribution in [0.5, 0.6) is 0 Å². The van der Waals surface area contributed by atoms with E-state index in [2.05, 4.69) is 9.71 Å². The third kappa shape index (κ3) is 3.62. The number of sulfonamides is 1. The zero-order chi connectivity index (χ0) is 18.7. The first-order valence-electron chi connectivity index (χ1n) is 7.48. The van der Waals surface area contributed by atoms with Gasteiger partial charge in [-0.05, 0) is 24.3 Å². The van der Waals surface area contributed by atoms with Crippen LogP contribution in [0.2, 0.25) is 0 Å². The number of hydrogen-bond acceptors (Lipinski definition) is 6. The van der Waals surface area contributed by atoms with E-state index in [-0.39, 0.29) is 16.3 Å². The van der Waals surface area contributed by atoms with E-state index in [1.807, 2.05) is 0 Å². The van der Waals surface area contributed by atoms with Gasteiger partial charge >= 0.3 is 5.97 Å². The summed E-state index contributed by atoms with van der Waals surface area (Å²) in [6, 6.07) is 11.5. The van der Waals surface area contributed by atoms with Gasteiger partial charge in [-0.15, -0.1) is 0 Å². The van der Waals surface area contributed by atoms with Gasteiger partial charge in [-0.25, -0.2) is 12.8 Å². The molecule has 0 radical (unpaired) electrons. The highest BCUT2D eigenvalue weighted by atomic mass is 32.2. The van der Waals surface area contributed by atoms with Gasteiger partial charge in [-0.2, -0.15) is 0 Å². The zero-order valence-electron chi connectivity index (χ0n) is 13.3. The summed E-state index contributed by atoms with van der Waals surface area (Å²) in [6.45, 7) is -1.12. The van der Waals surface area contributed by atoms with Crippen LogP contribution < -0.4 is 4.72 Å². The van der Waals surface area contributed by atoms with Crippen molar-refractivity contribution in [1.82, 2.24) is 4.72 Å². The van der Waals surface area contributed by atoms with Crippen LogP contribution in [0.3, 0.4) is 0 Å². The average Bonchev–Trinajstić information content (AvgIpc) is 2.89. The number of benzene rings is 2. The van der Waals surface area contributed by atoms with Gasteiger partial charge < -0.3 is 4.74 Å². The molecule has 0 unspecified atom stereocenters. The number of carbonyl (C=O) groups is 2. The number of carbonyl (C=O) groups excluding carboxylic acids is 2. The van der Waals surface area contributed by atoms with Crippen LogP contribution in [0, 0.1) is 5.82 Å². The highest BCUT2D eigenvalue weighted by Gasteiger charge is 2.30. The van der Waals surface area contributed by atoms with E-state index in [4.69, 9.17) is 4.74 Å². The Morgan fingerprint density at radius 2 is 1.77 bits per heavy atom. The summed E-state index contributed by atoms with van der Waals surface area (Å²) in [5.41, 5.74) is 0.173. The van der Waals surface area contributed by atoms with Crippen molar-refractivity contribution in [3.63, 3.8) is 0 Å². The Balaban J connectivity index is 1.62. The van der Waals surface area contributed by atoms with Crippen molar-refractivity contribution in [2.45, 2.75) is 4.90 Å². The maximum Gasteiger partial charge on any atom is 0.328 e. The number of rotatable bonds is 5. The first kappa shape index (κ1) is 17.7. The molecular weight excluding hydrogens is 363 g/mol. The minimum Gasteiger partial charge on any atom is -0.456 e. The van der Waals surface area contributed by atoms with Crippen LogP contribution in [0.25, 0.3) is 0 Å². The molecule has 1 heterocycles. The molecule has 2 aromatic rings. The van der Waals surface area contributed by atoms with Crippen molar-refractivity contribution < 1.29 is 27.1 Å². The summed E-state index contributed by atoms with van der Waals surface area (Å²) >= 11 is 0. The Kier molecular flexibility index (Phi) is 4.81. The molecule has 1 aliphatic heterocycles. The molecule has 26 heavy (non-hydrogen) atoms. The molecule has 0 fully saturated rings. The highest BCUT2D eigenvalue weighted by Crippen LogP contribution is 2.22. The SMILES string of the molecule is O=C(CN=C1NS(=O)(=O)c2ccccc21)OCC(=O)c1ccccc1F. The Labute approximate surface area is 148 Å². The minimum absolute atomic E-state index is 0.0259. The van der Waals surface area contributed by atoms with E-state index in [9.17, 15) is 22.4 Å². The number of fused-ring (bicyclic) bond motifs is 1. The molecule has 0 saturated carbocycles. The maximum absolute atomic E-state index is 13.5. The Bertz CT molecular complexity index is 1020. The van der Waals surface area contributed by atoms with E-state index in [1.165, 1.54) is 24.3 Å². The summed E-state index contributed by atoms with van der Waals surface area (Å²) in [6.07, 6.45) is 0. The summed E-state index contributed by atoms with van der Waals surface area (Å²) in [7, 11) is -3.70. The summed E-state index contributed by atoms with van der Waals surface area (Å²) in [5, 5.41) is 0. The number of ether oxygens (including phenoxy) is 1. The molecule has 134 valence electrons. The van der Waals surface area contributed by atoms with Crippen molar-refractivity contribution >= 4 is 27.6 Å². The lowest BCUT2D eigenvalue weighted by Gasteiger charge is -2.04. The molecule has 0 spiro atoms. The van der Waals surface area contributed by atoms with Crippen molar-refractivity contribution in [1.29, 1.82) is 0 Å². The number of nitrogens with one attached hydrogen (secondary N) is 1. The van der Waals surface area contributed by atoms with Gasteiger partial charge in [0.05, 0.1) is 10.5 Å². The summed E-state index contributed by atoms with van der Waals surface area (Å²) in [4.78, 5) is 27.5. The van der Waals surface area contributed by atoms with Crippen LogP contribution in [0.1, 0.15) is 15.9 Å². The number of esters is 1. The van der Waals surface area contributed by atoms with Gasteiger partial charge in [0, 0.05) is 5.56 Å². The molecule has 7 nitrogen and oxygen atoms in total. The molecule has 2 aromatic carbocycles. The van der Waals surface area contributed by atoms with E-state index >= 15 is 0 Å². The monoisotopic (exact) mass is 376 g/mol.